The molecule has 2 rings (SSSR count). The lowest BCUT2D eigenvalue weighted by molar-refractivity contribution is -0.118. The molecule has 2 aromatic carbocycles. The lowest BCUT2D eigenvalue weighted by Crippen LogP contribution is -2.20. The topological polar surface area (TPSA) is 82.8 Å². The van der Waals surface area contributed by atoms with Gasteiger partial charge in [0.15, 0.2) is 6.61 Å². The molecule has 0 aliphatic carbocycles. The van der Waals surface area contributed by atoms with Crippen LogP contribution in [0, 0.1) is 0 Å². The molecule has 0 saturated carbocycles. The maximum atomic E-state index is 11.9. The van der Waals surface area contributed by atoms with Crippen LogP contribution in [0.25, 0.3) is 0 Å². The number of nitrogens with two attached hydrogens (primary N) is 1. The quantitative estimate of drug-likeness (QED) is 0.800. The third-order valence-electron chi connectivity index (χ3n) is 2.91. The fraction of sp³-hybridized carbons (Fsp3) is 0.188. The van der Waals surface area contributed by atoms with Gasteiger partial charge in [-0.1, -0.05) is 6.07 Å². The van der Waals surface area contributed by atoms with Crippen LogP contribution in [0.2, 0.25) is 0 Å². The van der Waals surface area contributed by atoms with Gasteiger partial charge in [-0.15, -0.1) is 0 Å². The molecule has 22 heavy (non-hydrogen) atoms. The fourth-order valence-electron chi connectivity index (χ4n) is 1.84. The smallest absolute Gasteiger partial charge is 0.262 e. The normalized spacial score (nSPS) is 9.91. The number of anilines is 2. The average Bonchev–Trinajstić information content (AvgIpc) is 2.54. The van der Waals surface area contributed by atoms with E-state index in [-0.39, 0.29) is 12.5 Å². The maximum absolute atomic E-state index is 11.9. The molecule has 3 N–H and O–H groups in total. The van der Waals surface area contributed by atoms with Gasteiger partial charge in [0.05, 0.1) is 19.9 Å². The molecule has 0 heterocycles. The Morgan fingerprint density at radius 3 is 2.59 bits per heavy atom. The first kappa shape index (κ1) is 15.5. The second-order valence-corrected chi connectivity index (χ2v) is 4.48. The van der Waals surface area contributed by atoms with Crippen molar-refractivity contribution in [1.29, 1.82) is 0 Å². The minimum Gasteiger partial charge on any atom is -0.497 e. The van der Waals surface area contributed by atoms with Crippen LogP contribution in [0.3, 0.4) is 0 Å². The predicted molar refractivity (Wildman–Crippen MR) is 84.5 cm³/mol. The highest BCUT2D eigenvalue weighted by Gasteiger charge is 2.09. The van der Waals surface area contributed by atoms with Crippen LogP contribution in [0.1, 0.15) is 0 Å². The van der Waals surface area contributed by atoms with E-state index in [9.17, 15) is 4.79 Å². The van der Waals surface area contributed by atoms with Crippen LogP contribution in [0.5, 0.6) is 17.2 Å². The van der Waals surface area contributed by atoms with E-state index < -0.39 is 0 Å². The van der Waals surface area contributed by atoms with Crippen molar-refractivity contribution in [3.05, 3.63) is 42.5 Å². The number of hydrogen-bond donors (Lipinski definition) is 2. The third-order valence-corrected chi connectivity index (χ3v) is 2.91. The van der Waals surface area contributed by atoms with Crippen LogP contribution >= 0.6 is 0 Å². The number of carbonyl (C=O) groups excluding carboxylic acids is 1. The zero-order chi connectivity index (χ0) is 15.9. The third kappa shape index (κ3) is 4.05. The van der Waals surface area contributed by atoms with E-state index >= 15 is 0 Å². The summed E-state index contributed by atoms with van der Waals surface area (Å²) in [5.41, 5.74) is 6.76. The molecule has 0 aromatic heterocycles. The highest BCUT2D eigenvalue weighted by Crippen LogP contribution is 2.26. The second kappa shape index (κ2) is 7.21. The van der Waals surface area contributed by atoms with E-state index in [2.05, 4.69) is 5.32 Å². The molecule has 0 atom stereocenters. The molecule has 0 unspecified atom stereocenters. The number of rotatable bonds is 6. The van der Waals surface area contributed by atoms with Gasteiger partial charge < -0.3 is 25.3 Å². The van der Waals surface area contributed by atoms with Crippen LogP contribution in [-0.2, 0) is 4.79 Å². The first-order valence-electron chi connectivity index (χ1n) is 6.62. The summed E-state index contributed by atoms with van der Waals surface area (Å²) in [5.74, 6) is 1.41. The minimum absolute atomic E-state index is 0.124. The fourth-order valence-corrected chi connectivity index (χ4v) is 1.84. The Balaban J connectivity index is 1.95. The van der Waals surface area contributed by atoms with Crippen molar-refractivity contribution in [3.8, 4) is 17.2 Å². The first-order valence-corrected chi connectivity index (χ1v) is 6.62. The first-order chi connectivity index (χ1) is 10.6. The second-order valence-electron chi connectivity index (χ2n) is 4.48. The Labute approximate surface area is 128 Å². The van der Waals surface area contributed by atoms with Crippen molar-refractivity contribution in [2.75, 3.05) is 31.9 Å². The lowest BCUT2D eigenvalue weighted by atomic mass is 10.2. The molecule has 0 radical (unpaired) electrons. The number of nitrogens with one attached hydrogen (secondary N) is 1. The Kier molecular flexibility index (Phi) is 5.08. The largest absolute Gasteiger partial charge is 0.497 e. The molecule has 0 spiro atoms. The van der Waals surface area contributed by atoms with Gasteiger partial charge in [-0.05, 0) is 24.3 Å². The number of ether oxygens (including phenoxy) is 3. The van der Waals surface area contributed by atoms with Crippen LogP contribution in [-0.4, -0.2) is 26.7 Å². The van der Waals surface area contributed by atoms with Crippen molar-refractivity contribution in [3.63, 3.8) is 0 Å². The molecule has 0 saturated heterocycles. The summed E-state index contributed by atoms with van der Waals surface area (Å²) >= 11 is 0. The molecule has 0 aliphatic heterocycles. The Morgan fingerprint density at radius 1 is 1.09 bits per heavy atom. The van der Waals surface area contributed by atoms with Crippen LogP contribution in [0.15, 0.2) is 42.5 Å². The molecule has 0 aliphatic rings. The summed E-state index contributed by atoms with van der Waals surface area (Å²) in [6.45, 7) is -0.124. The number of methoxy groups -OCH3 is 2. The van der Waals surface area contributed by atoms with Gasteiger partial charge in [0.25, 0.3) is 5.91 Å². The molecule has 116 valence electrons. The van der Waals surface area contributed by atoms with E-state index in [0.29, 0.717) is 28.6 Å². The minimum atomic E-state index is -0.300. The molecule has 0 bridgehead atoms. The van der Waals surface area contributed by atoms with E-state index in [1.54, 1.807) is 49.6 Å². The predicted octanol–water partition coefficient (Wildman–Crippen LogP) is 2.30. The van der Waals surface area contributed by atoms with Crippen LogP contribution in [0.4, 0.5) is 11.4 Å². The van der Waals surface area contributed by atoms with Gasteiger partial charge >= 0.3 is 0 Å². The van der Waals surface area contributed by atoms with E-state index in [4.69, 9.17) is 19.9 Å². The Morgan fingerprint density at radius 2 is 1.86 bits per heavy atom. The standard InChI is InChI=1S/C16H18N2O4/c1-20-12-4-3-5-13(9-12)22-10-16(19)18-14-7-6-11(17)8-15(14)21-2/h3-9H,10,17H2,1-2H3,(H,18,19). The molecule has 0 fully saturated rings. The van der Waals surface area contributed by atoms with Crippen molar-refractivity contribution >= 4 is 17.3 Å². The Bertz CT molecular complexity index is 658. The molecule has 2 aromatic rings. The van der Waals surface area contributed by atoms with Gasteiger partial charge in [-0.25, -0.2) is 0 Å². The van der Waals surface area contributed by atoms with E-state index in [1.165, 1.54) is 7.11 Å². The summed E-state index contributed by atoms with van der Waals surface area (Å²) in [6.07, 6.45) is 0. The van der Waals surface area contributed by atoms with Gasteiger partial charge in [0.2, 0.25) is 0 Å². The zero-order valence-electron chi connectivity index (χ0n) is 12.5. The number of nitrogen functional groups attached to an aromatic ring is 1. The van der Waals surface area contributed by atoms with Gasteiger partial charge in [-0.2, -0.15) is 0 Å². The van der Waals surface area contributed by atoms with Crippen molar-refractivity contribution in [2.24, 2.45) is 0 Å². The maximum Gasteiger partial charge on any atom is 0.262 e. The monoisotopic (exact) mass is 302 g/mol. The number of amides is 1. The summed E-state index contributed by atoms with van der Waals surface area (Å²) in [6, 6.07) is 12.0. The van der Waals surface area contributed by atoms with Crippen molar-refractivity contribution in [2.45, 2.75) is 0 Å². The van der Waals surface area contributed by atoms with Gasteiger partial charge in [-0.3, -0.25) is 4.79 Å². The average molecular weight is 302 g/mol. The van der Waals surface area contributed by atoms with Gasteiger partial charge in [0, 0.05) is 17.8 Å². The number of hydrogen-bond acceptors (Lipinski definition) is 5. The van der Waals surface area contributed by atoms with Crippen molar-refractivity contribution < 1.29 is 19.0 Å². The molecular weight excluding hydrogens is 284 g/mol. The van der Waals surface area contributed by atoms with Crippen LogP contribution < -0.4 is 25.3 Å². The van der Waals surface area contributed by atoms with E-state index in [1.807, 2.05) is 0 Å². The summed E-state index contributed by atoms with van der Waals surface area (Å²) in [5, 5.41) is 2.71. The SMILES string of the molecule is COc1cccc(OCC(=O)Nc2ccc(N)cc2OC)c1. The molecule has 6 heteroatoms. The summed E-state index contributed by atoms with van der Waals surface area (Å²) in [7, 11) is 3.08. The zero-order valence-corrected chi connectivity index (χ0v) is 12.5. The van der Waals surface area contributed by atoms with E-state index in [0.717, 1.165) is 0 Å². The highest BCUT2D eigenvalue weighted by molar-refractivity contribution is 5.93. The van der Waals surface area contributed by atoms with Crippen molar-refractivity contribution in [1.82, 2.24) is 0 Å². The Hall–Kier alpha value is -2.89. The number of carbonyl (C=O) groups is 1. The lowest BCUT2D eigenvalue weighted by Gasteiger charge is -2.11. The summed E-state index contributed by atoms with van der Waals surface area (Å²) < 4.78 is 15.7. The molecular formula is C16H18N2O4. The molecule has 1 amide bonds. The molecule has 6 nitrogen and oxygen atoms in total. The summed E-state index contributed by atoms with van der Waals surface area (Å²) in [4.78, 5) is 11.9. The number of benzene rings is 2. The highest BCUT2D eigenvalue weighted by atomic mass is 16.5. The van der Waals surface area contributed by atoms with Gasteiger partial charge in [0.1, 0.15) is 17.2 Å².